The minimum Gasteiger partial charge on any atom is -0.493 e. The molecule has 0 radical (unpaired) electrons. The van der Waals surface area contributed by atoms with Crippen LogP contribution < -0.4 is 4.74 Å². The van der Waals surface area contributed by atoms with Crippen LogP contribution >= 0.6 is 0 Å². The van der Waals surface area contributed by atoms with Gasteiger partial charge in [-0.1, -0.05) is 18.2 Å². The van der Waals surface area contributed by atoms with Crippen molar-refractivity contribution in [1.29, 1.82) is 0 Å². The van der Waals surface area contributed by atoms with Crippen LogP contribution in [-0.2, 0) is 19.9 Å². The lowest BCUT2D eigenvalue weighted by molar-refractivity contribution is 0.289. The minimum atomic E-state index is 0.142. The molecule has 96 valence electrons. The average Bonchev–Trinajstić information content (AvgIpc) is 2.78. The maximum Gasteiger partial charge on any atom is 0.122 e. The van der Waals surface area contributed by atoms with E-state index in [9.17, 15) is 0 Å². The Morgan fingerprint density at radius 3 is 2.83 bits per heavy atom. The smallest absolute Gasteiger partial charge is 0.122 e. The number of hydrogen-bond acceptors (Lipinski definition) is 3. The summed E-state index contributed by atoms with van der Waals surface area (Å²) in [6, 6.07) is 7.82. The SMILES string of the molecule is Cn1cc(CCOc2ccccc2CCO)cn1. The van der Waals surface area contributed by atoms with Crippen LogP contribution in [0.2, 0.25) is 0 Å². The number of rotatable bonds is 6. The lowest BCUT2D eigenvalue weighted by Gasteiger charge is -2.10. The van der Waals surface area contributed by atoms with Gasteiger partial charge in [0, 0.05) is 26.3 Å². The van der Waals surface area contributed by atoms with Crippen molar-refractivity contribution in [2.24, 2.45) is 7.05 Å². The van der Waals surface area contributed by atoms with Gasteiger partial charge in [0.1, 0.15) is 5.75 Å². The largest absolute Gasteiger partial charge is 0.493 e. The quantitative estimate of drug-likeness (QED) is 0.841. The van der Waals surface area contributed by atoms with Crippen LogP contribution in [0.1, 0.15) is 11.1 Å². The van der Waals surface area contributed by atoms with Crippen molar-refractivity contribution in [2.75, 3.05) is 13.2 Å². The zero-order valence-corrected chi connectivity index (χ0v) is 10.5. The highest BCUT2D eigenvalue weighted by atomic mass is 16.5. The molecule has 4 heteroatoms. The molecule has 0 saturated heterocycles. The molecule has 0 atom stereocenters. The summed E-state index contributed by atoms with van der Waals surface area (Å²) in [7, 11) is 1.90. The normalized spacial score (nSPS) is 10.6. The third kappa shape index (κ3) is 3.34. The first-order valence-electron chi connectivity index (χ1n) is 6.08. The number of aromatic nitrogens is 2. The summed E-state index contributed by atoms with van der Waals surface area (Å²) in [6.45, 7) is 0.761. The van der Waals surface area contributed by atoms with Crippen molar-refractivity contribution in [3.05, 3.63) is 47.8 Å². The van der Waals surface area contributed by atoms with E-state index in [1.807, 2.05) is 43.7 Å². The van der Waals surface area contributed by atoms with E-state index >= 15 is 0 Å². The first-order chi connectivity index (χ1) is 8.79. The standard InChI is InChI=1S/C14H18N2O2/c1-16-11-12(10-15-16)7-9-18-14-5-3-2-4-13(14)6-8-17/h2-5,10-11,17H,6-9H2,1H3. The van der Waals surface area contributed by atoms with Gasteiger partial charge in [-0.2, -0.15) is 5.10 Å². The van der Waals surface area contributed by atoms with E-state index in [-0.39, 0.29) is 6.61 Å². The number of aryl methyl sites for hydroxylation is 1. The highest BCUT2D eigenvalue weighted by Crippen LogP contribution is 2.18. The fourth-order valence-corrected chi connectivity index (χ4v) is 1.85. The van der Waals surface area contributed by atoms with Crippen LogP contribution in [0, 0.1) is 0 Å². The lowest BCUT2D eigenvalue weighted by atomic mass is 10.1. The Kier molecular flexibility index (Phi) is 4.36. The topological polar surface area (TPSA) is 47.3 Å². The Bertz CT molecular complexity index is 494. The molecule has 1 heterocycles. The van der Waals surface area contributed by atoms with Crippen molar-refractivity contribution in [1.82, 2.24) is 9.78 Å². The molecule has 4 nitrogen and oxygen atoms in total. The average molecular weight is 246 g/mol. The molecule has 1 N–H and O–H groups in total. The number of para-hydroxylation sites is 1. The number of aliphatic hydroxyl groups is 1. The van der Waals surface area contributed by atoms with Gasteiger partial charge in [-0.3, -0.25) is 4.68 Å². The highest BCUT2D eigenvalue weighted by Gasteiger charge is 2.03. The van der Waals surface area contributed by atoms with Gasteiger partial charge in [-0.25, -0.2) is 0 Å². The van der Waals surface area contributed by atoms with E-state index in [0.29, 0.717) is 13.0 Å². The Morgan fingerprint density at radius 1 is 1.28 bits per heavy atom. The Balaban J connectivity index is 1.89. The number of ether oxygens (including phenoxy) is 1. The number of aliphatic hydroxyl groups excluding tert-OH is 1. The Morgan fingerprint density at radius 2 is 2.11 bits per heavy atom. The summed E-state index contributed by atoms with van der Waals surface area (Å²) in [6.07, 6.45) is 5.30. The number of nitrogens with zero attached hydrogens (tertiary/aromatic N) is 2. The predicted molar refractivity (Wildman–Crippen MR) is 69.6 cm³/mol. The van der Waals surface area contributed by atoms with Crippen LogP contribution in [0.5, 0.6) is 5.75 Å². The molecule has 18 heavy (non-hydrogen) atoms. The molecule has 0 spiro atoms. The molecule has 0 fully saturated rings. The van der Waals surface area contributed by atoms with E-state index in [1.165, 1.54) is 0 Å². The zero-order chi connectivity index (χ0) is 12.8. The summed E-state index contributed by atoms with van der Waals surface area (Å²) in [5.74, 6) is 0.857. The highest BCUT2D eigenvalue weighted by molar-refractivity contribution is 5.33. The maximum absolute atomic E-state index is 8.98. The maximum atomic E-state index is 8.98. The van der Waals surface area contributed by atoms with Gasteiger partial charge in [0.05, 0.1) is 12.8 Å². The predicted octanol–water partition coefficient (Wildman–Crippen LogP) is 1.58. The second-order valence-electron chi connectivity index (χ2n) is 4.20. The fourth-order valence-electron chi connectivity index (χ4n) is 1.85. The van der Waals surface area contributed by atoms with Gasteiger partial charge in [0.2, 0.25) is 0 Å². The van der Waals surface area contributed by atoms with Gasteiger partial charge >= 0.3 is 0 Å². The monoisotopic (exact) mass is 246 g/mol. The Hall–Kier alpha value is -1.81. The molecule has 0 aliphatic rings. The lowest BCUT2D eigenvalue weighted by Crippen LogP contribution is -2.03. The van der Waals surface area contributed by atoms with Crippen LogP contribution in [-0.4, -0.2) is 28.1 Å². The molecule has 0 aliphatic heterocycles. The van der Waals surface area contributed by atoms with E-state index in [1.54, 1.807) is 4.68 Å². The summed E-state index contributed by atoms with van der Waals surface area (Å²) < 4.78 is 7.54. The molecule has 2 rings (SSSR count). The summed E-state index contributed by atoms with van der Waals surface area (Å²) in [5.41, 5.74) is 2.21. The second kappa shape index (κ2) is 6.21. The van der Waals surface area contributed by atoms with E-state index in [0.717, 1.165) is 23.3 Å². The van der Waals surface area contributed by atoms with Crippen molar-refractivity contribution in [2.45, 2.75) is 12.8 Å². The third-order valence-corrected chi connectivity index (χ3v) is 2.76. The van der Waals surface area contributed by atoms with Crippen LogP contribution in [0.4, 0.5) is 0 Å². The van der Waals surface area contributed by atoms with E-state index in [2.05, 4.69) is 5.10 Å². The molecule has 0 unspecified atom stereocenters. The van der Waals surface area contributed by atoms with Crippen LogP contribution in [0.15, 0.2) is 36.7 Å². The van der Waals surface area contributed by atoms with Crippen molar-refractivity contribution in [3.8, 4) is 5.75 Å². The molecule has 0 bridgehead atoms. The van der Waals surface area contributed by atoms with E-state index < -0.39 is 0 Å². The second-order valence-corrected chi connectivity index (χ2v) is 4.20. The van der Waals surface area contributed by atoms with Gasteiger partial charge in [-0.15, -0.1) is 0 Å². The Labute approximate surface area is 107 Å². The van der Waals surface area contributed by atoms with Gasteiger partial charge in [0.25, 0.3) is 0 Å². The molecule has 1 aromatic carbocycles. The summed E-state index contributed by atoms with van der Waals surface area (Å²) >= 11 is 0. The molecule has 0 amide bonds. The molecular weight excluding hydrogens is 228 g/mol. The fraction of sp³-hybridized carbons (Fsp3) is 0.357. The van der Waals surface area contributed by atoms with Crippen molar-refractivity contribution >= 4 is 0 Å². The van der Waals surface area contributed by atoms with Crippen LogP contribution in [0.3, 0.4) is 0 Å². The first kappa shape index (κ1) is 12.6. The summed E-state index contributed by atoms with van der Waals surface area (Å²) in [4.78, 5) is 0. The number of benzene rings is 1. The first-order valence-corrected chi connectivity index (χ1v) is 6.08. The van der Waals surface area contributed by atoms with Crippen LogP contribution in [0.25, 0.3) is 0 Å². The van der Waals surface area contributed by atoms with Gasteiger partial charge < -0.3 is 9.84 Å². The van der Waals surface area contributed by atoms with Crippen molar-refractivity contribution < 1.29 is 9.84 Å². The molecule has 0 saturated carbocycles. The molecule has 1 aromatic heterocycles. The third-order valence-electron chi connectivity index (χ3n) is 2.76. The minimum absolute atomic E-state index is 0.142. The van der Waals surface area contributed by atoms with E-state index in [4.69, 9.17) is 9.84 Å². The molecule has 0 aliphatic carbocycles. The van der Waals surface area contributed by atoms with Gasteiger partial charge in [-0.05, 0) is 23.6 Å². The number of hydrogen-bond donors (Lipinski definition) is 1. The summed E-state index contributed by atoms with van der Waals surface area (Å²) in [5, 5.41) is 13.1. The van der Waals surface area contributed by atoms with Crippen molar-refractivity contribution in [3.63, 3.8) is 0 Å². The zero-order valence-electron chi connectivity index (χ0n) is 10.5. The molecular formula is C14H18N2O2. The van der Waals surface area contributed by atoms with Gasteiger partial charge in [0.15, 0.2) is 0 Å². The molecule has 2 aromatic rings.